The molecule has 0 aliphatic rings. The molecule has 0 saturated heterocycles. The molecule has 2 heterocycles. The van der Waals surface area contributed by atoms with E-state index in [1.165, 1.54) is 16.8 Å². The van der Waals surface area contributed by atoms with Crippen molar-refractivity contribution in [2.24, 2.45) is 7.05 Å². The lowest BCUT2D eigenvalue weighted by molar-refractivity contribution is 0.102. The number of para-hydroxylation sites is 1. The van der Waals surface area contributed by atoms with Crippen molar-refractivity contribution < 1.29 is 4.79 Å². The van der Waals surface area contributed by atoms with Gasteiger partial charge in [-0.2, -0.15) is 0 Å². The SMILES string of the molecule is Cn1cc(C(=O)Nc2ccc(Cl)cc2Cl)c2[nH]c(=O)n(-c3ccccc3)c(=O)c21. The number of aromatic amines is 1. The standard InChI is InChI=1S/C20H14Cl2N4O3/c1-25-10-13(18(27)23-15-8-7-11(21)9-14(15)22)16-17(25)19(28)26(20(29)24-16)12-5-3-2-4-6-12/h2-10H,1H3,(H,23,27)(H,24,29). The largest absolute Gasteiger partial charge is 0.344 e. The molecule has 0 unspecified atom stereocenters. The van der Waals surface area contributed by atoms with Crippen LogP contribution in [-0.4, -0.2) is 20.0 Å². The number of hydrogen-bond acceptors (Lipinski definition) is 3. The van der Waals surface area contributed by atoms with Crippen LogP contribution >= 0.6 is 23.2 Å². The Hall–Kier alpha value is -3.29. The van der Waals surface area contributed by atoms with Crippen molar-refractivity contribution in [3.05, 3.63) is 91.2 Å². The van der Waals surface area contributed by atoms with Gasteiger partial charge in [-0.1, -0.05) is 41.4 Å². The van der Waals surface area contributed by atoms with Crippen LogP contribution in [0.3, 0.4) is 0 Å². The average Bonchev–Trinajstić information content (AvgIpc) is 3.01. The van der Waals surface area contributed by atoms with E-state index in [0.29, 0.717) is 16.4 Å². The minimum absolute atomic E-state index is 0.142. The molecular formula is C20H14Cl2N4O3. The van der Waals surface area contributed by atoms with Crippen molar-refractivity contribution in [2.45, 2.75) is 0 Å². The maximum absolute atomic E-state index is 13.0. The Morgan fingerprint density at radius 3 is 2.48 bits per heavy atom. The number of H-pyrrole nitrogens is 1. The maximum atomic E-state index is 13.0. The fourth-order valence-electron chi connectivity index (χ4n) is 3.14. The van der Waals surface area contributed by atoms with Gasteiger partial charge in [-0.05, 0) is 30.3 Å². The number of anilines is 1. The van der Waals surface area contributed by atoms with Gasteiger partial charge in [0.15, 0.2) is 0 Å². The van der Waals surface area contributed by atoms with Gasteiger partial charge in [-0.15, -0.1) is 0 Å². The first kappa shape index (κ1) is 19.0. The van der Waals surface area contributed by atoms with Gasteiger partial charge in [-0.25, -0.2) is 9.36 Å². The van der Waals surface area contributed by atoms with Crippen molar-refractivity contribution in [3.8, 4) is 5.69 Å². The van der Waals surface area contributed by atoms with E-state index in [9.17, 15) is 14.4 Å². The summed E-state index contributed by atoms with van der Waals surface area (Å²) in [4.78, 5) is 41.1. The number of rotatable bonds is 3. The Balaban J connectivity index is 1.84. The van der Waals surface area contributed by atoms with Gasteiger partial charge >= 0.3 is 5.69 Å². The second-order valence-corrected chi connectivity index (χ2v) is 7.21. The number of hydrogen-bond donors (Lipinski definition) is 2. The molecule has 0 fully saturated rings. The minimum Gasteiger partial charge on any atom is -0.344 e. The molecule has 0 aliphatic carbocycles. The Morgan fingerprint density at radius 1 is 1.07 bits per heavy atom. The number of halogens is 2. The van der Waals surface area contributed by atoms with Crippen LogP contribution in [0.1, 0.15) is 10.4 Å². The molecule has 1 amide bonds. The number of carbonyl (C=O) groups is 1. The van der Waals surface area contributed by atoms with Gasteiger partial charge in [0.2, 0.25) is 0 Å². The highest BCUT2D eigenvalue weighted by molar-refractivity contribution is 6.37. The van der Waals surface area contributed by atoms with Crippen molar-refractivity contribution in [1.29, 1.82) is 0 Å². The number of benzene rings is 2. The zero-order chi connectivity index (χ0) is 20.7. The molecule has 0 radical (unpaired) electrons. The van der Waals surface area contributed by atoms with Gasteiger partial charge in [-0.3, -0.25) is 9.59 Å². The highest BCUT2D eigenvalue weighted by Gasteiger charge is 2.20. The molecule has 2 aromatic carbocycles. The number of nitrogens with zero attached hydrogens (tertiary/aromatic N) is 2. The number of aryl methyl sites for hydroxylation is 1. The van der Waals surface area contributed by atoms with E-state index in [0.717, 1.165) is 4.57 Å². The van der Waals surface area contributed by atoms with E-state index >= 15 is 0 Å². The second-order valence-electron chi connectivity index (χ2n) is 6.36. The summed E-state index contributed by atoms with van der Waals surface area (Å²) in [6.45, 7) is 0. The lowest BCUT2D eigenvalue weighted by Gasteiger charge is -2.07. The zero-order valence-corrected chi connectivity index (χ0v) is 16.6. The van der Waals surface area contributed by atoms with Gasteiger partial charge < -0.3 is 14.9 Å². The number of aromatic nitrogens is 3. The monoisotopic (exact) mass is 428 g/mol. The van der Waals surface area contributed by atoms with E-state index < -0.39 is 17.2 Å². The van der Waals surface area contributed by atoms with E-state index in [2.05, 4.69) is 10.3 Å². The number of amides is 1. The molecule has 2 N–H and O–H groups in total. The number of carbonyl (C=O) groups excluding carboxylic acids is 1. The smallest absolute Gasteiger partial charge is 0.333 e. The van der Waals surface area contributed by atoms with Crippen molar-refractivity contribution >= 4 is 45.8 Å². The summed E-state index contributed by atoms with van der Waals surface area (Å²) >= 11 is 12.0. The Labute approximate surface area is 174 Å². The molecule has 0 bridgehead atoms. The summed E-state index contributed by atoms with van der Waals surface area (Å²) in [5.74, 6) is -0.521. The fraction of sp³-hybridized carbons (Fsp3) is 0.0500. The summed E-state index contributed by atoms with van der Waals surface area (Å²) < 4.78 is 2.53. The Morgan fingerprint density at radius 2 is 1.79 bits per heavy atom. The molecule has 0 atom stereocenters. The first-order chi connectivity index (χ1) is 13.9. The molecule has 0 saturated carbocycles. The summed E-state index contributed by atoms with van der Waals surface area (Å²) in [6.07, 6.45) is 1.48. The molecule has 4 rings (SSSR count). The molecule has 4 aromatic rings. The second kappa shape index (κ2) is 7.27. The molecule has 2 aromatic heterocycles. The third kappa shape index (κ3) is 3.35. The predicted octanol–water partition coefficient (Wildman–Crippen LogP) is 3.58. The van der Waals surface area contributed by atoms with Crippen molar-refractivity contribution in [3.63, 3.8) is 0 Å². The molecule has 0 aliphatic heterocycles. The van der Waals surface area contributed by atoms with Gasteiger partial charge in [0, 0.05) is 18.3 Å². The van der Waals surface area contributed by atoms with Crippen molar-refractivity contribution in [1.82, 2.24) is 14.1 Å². The third-order valence-electron chi connectivity index (χ3n) is 4.46. The quantitative estimate of drug-likeness (QED) is 0.522. The van der Waals surface area contributed by atoms with Crippen LogP contribution in [0.5, 0.6) is 0 Å². The Bertz CT molecular complexity index is 1370. The summed E-state index contributed by atoms with van der Waals surface area (Å²) in [5.41, 5.74) is 0.111. The van der Waals surface area contributed by atoms with Gasteiger partial charge in [0.25, 0.3) is 11.5 Å². The zero-order valence-electron chi connectivity index (χ0n) is 15.1. The van der Waals surface area contributed by atoms with Crippen molar-refractivity contribution in [2.75, 3.05) is 5.32 Å². The molecule has 9 heteroatoms. The van der Waals surface area contributed by atoms with Crippen LogP contribution in [0.4, 0.5) is 5.69 Å². The summed E-state index contributed by atoms with van der Waals surface area (Å²) in [5, 5.41) is 3.37. The topological polar surface area (TPSA) is 88.9 Å². The van der Waals surface area contributed by atoms with Crippen LogP contribution in [0.2, 0.25) is 10.0 Å². The maximum Gasteiger partial charge on any atom is 0.333 e. The highest BCUT2D eigenvalue weighted by Crippen LogP contribution is 2.26. The lowest BCUT2D eigenvalue weighted by atomic mass is 10.2. The first-order valence-electron chi connectivity index (χ1n) is 8.53. The van der Waals surface area contributed by atoms with E-state index in [1.54, 1.807) is 49.5 Å². The fourth-order valence-corrected chi connectivity index (χ4v) is 3.59. The predicted molar refractivity (Wildman–Crippen MR) is 114 cm³/mol. The number of fused-ring (bicyclic) bond motifs is 1. The summed E-state index contributed by atoms with van der Waals surface area (Å²) in [6, 6.07) is 13.2. The van der Waals surface area contributed by atoms with Crippen LogP contribution in [0.25, 0.3) is 16.7 Å². The lowest BCUT2D eigenvalue weighted by Crippen LogP contribution is -2.34. The van der Waals surface area contributed by atoms with E-state index in [4.69, 9.17) is 23.2 Å². The van der Waals surface area contributed by atoms with E-state index in [-0.39, 0.29) is 21.6 Å². The Kier molecular flexibility index (Phi) is 4.77. The molecule has 146 valence electrons. The minimum atomic E-state index is -0.640. The number of nitrogens with one attached hydrogen (secondary N) is 2. The van der Waals surface area contributed by atoms with Crippen LogP contribution in [-0.2, 0) is 7.05 Å². The van der Waals surface area contributed by atoms with Crippen LogP contribution < -0.4 is 16.6 Å². The van der Waals surface area contributed by atoms with Crippen LogP contribution in [0.15, 0.2) is 64.3 Å². The molecule has 29 heavy (non-hydrogen) atoms. The summed E-state index contributed by atoms with van der Waals surface area (Å²) in [7, 11) is 1.63. The average molecular weight is 429 g/mol. The molecule has 0 spiro atoms. The normalized spacial score (nSPS) is 11.0. The first-order valence-corrected chi connectivity index (χ1v) is 9.28. The van der Waals surface area contributed by atoms with Gasteiger partial charge in [0.1, 0.15) is 5.52 Å². The van der Waals surface area contributed by atoms with Crippen LogP contribution in [0, 0.1) is 0 Å². The highest BCUT2D eigenvalue weighted by atomic mass is 35.5. The third-order valence-corrected chi connectivity index (χ3v) is 5.01. The van der Waals surface area contributed by atoms with E-state index in [1.807, 2.05) is 0 Å². The molecular weight excluding hydrogens is 415 g/mol. The molecule has 7 nitrogen and oxygen atoms in total. The van der Waals surface area contributed by atoms with Gasteiger partial charge in [0.05, 0.1) is 27.5 Å².